The normalized spacial score (nSPS) is 12.7. The van der Waals surface area contributed by atoms with Crippen LogP contribution in [0.5, 0.6) is 46.0 Å². The zero-order valence-corrected chi connectivity index (χ0v) is 74.4. The lowest BCUT2D eigenvalue weighted by molar-refractivity contribution is -0.136. The van der Waals surface area contributed by atoms with Gasteiger partial charge < -0.3 is 39.4 Å². The molecule has 656 valence electrons. The number of carbonyl (C=O) groups excluding carboxylic acids is 10. The van der Waals surface area contributed by atoms with Gasteiger partial charge in [0.15, 0.2) is 11.6 Å². The number of ether oxygens (including phenoxy) is 4. The highest BCUT2D eigenvalue weighted by molar-refractivity contribution is 6.46. The summed E-state index contributed by atoms with van der Waals surface area (Å²) in [5.41, 5.74) is 5.62. The van der Waals surface area contributed by atoms with E-state index in [1.54, 1.807) is 82.6 Å². The van der Waals surface area contributed by atoms with Gasteiger partial charge in [0.1, 0.15) is 58.1 Å². The molecule has 2 N–H and O–H groups in total. The minimum absolute atomic E-state index is 0.0428. The Morgan fingerprint density at radius 2 is 0.592 bits per heavy atom. The smallest absolute Gasteiger partial charge is 0.262 e. The van der Waals surface area contributed by atoms with Crippen LogP contribution in [0.3, 0.4) is 0 Å². The van der Waals surface area contributed by atoms with E-state index >= 15 is 28.8 Å². The van der Waals surface area contributed by atoms with Crippen molar-refractivity contribution in [2.24, 2.45) is 0 Å². The molecule has 0 fully saturated rings. The first-order valence-electron chi connectivity index (χ1n) is 42.8. The Labute approximate surface area is 771 Å². The van der Waals surface area contributed by atoms with Gasteiger partial charge in [0, 0.05) is 108 Å². The zero-order valence-electron chi connectivity index (χ0n) is 71.4. The van der Waals surface area contributed by atoms with E-state index in [-0.39, 0.29) is 208 Å². The van der Waals surface area contributed by atoms with E-state index in [1.165, 1.54) is 24.3 Å². The van der Waals surface area contributed by atoms with Crippen LogP contribution in [0.2, 0.25) is 0 Å². The third-order valence-corrected chi connectivity index (χ3v) is 24.1. The molecule has 13 aromatic rings. The molecular weight excluding hydrogens is 1720 g/mol. The minimum Gasteiger partial charge on any atom is -0.457 e. The molecule has 8 amide bonds. The second-order valence-corrected chi connectivity index (χ2v) is 33.7. The Hall–Kier alpha value is -14.0. The van der Waals surface area contributed by atoms with Crippen LogP contribution in [0, 0.1) is 0 Å². The van der Waals surface area contributed by atoms with E-state index in [1.807, 2.05) is 159 Å². The lowest BCUT2D eigenvalue weighted by Crippen LogP contribution is -2.55. The monoisotopic (exact) mass is 1810 g/mol. The predicted octanol–water partition coefficient (Wildman–Crippen LogP) is 21.5. The summed E-state index contributed by atoms with van der Waals surface area (Å²) in [5, 5.41) is 6.04. The summed E-state index contributed by atoms with van der Waals surface area (Å²) in [5.74, 6) is -5.59. The van der Waals surface area contributed by atoms with Crippen LogP contribution in [0.15, 0.2) is 289 Å². The van der Waals surface area contributed by atoms with E-state index in [0.717, 1.165) is 43.2 Å². The van der Waals surface area contributed by atoms with Gasteiger partial charge in [-0.25, -0.2) is 0 Å². The maximum absolute atomic E-state index is 17.1. The molecule has 2 unspecified atom stereocenters. The lowest BCUT2D eigenvalue weighted by atomic mass is 9.80. The number of rotatable bonds is 40. The van der Waals surface area contributed by atoms with Gasteiger partial charge in [-0.2, -0.15) is 0 Å². The summed E-state index contributed by atoms with van der Waals surface area (Å²) in [4.78, 5) is 157. The van der Waals surface area contributed by atoms with Crippen LogP contribution in [0.1, 0.15) is 125 Å². The van der Waals surface area contributed by atoms with Crippen molar-refractivity contribution in [3.8, 4) is 46.0 Å². The third-order valence-electron chi connectivity index (χ3n) is 23.4. The fourth-order valence-corrected chi connectivity index (χ4v) is 17.1. The maximum Gasteiger partial charge on any atom is 0.262 e. The summed E-state index contributed by atoms with van der Waals surface area (Å²) in [6, 6.07) is 68.3. The van der Waals surface area contributed by atoms with Gasteiger partial charge in [-0.05, 0) is 170 Å². The first-order chi connectivity index (χ1) is 62.8. The summed E-state index contributed by atoms with van der Waals surface area (Å²) in [7, 11) is 0. The highest BCUT2D eigenvalue weighted by atomic mass is 35.5. The van der Waals surface area contributed by atoms with Gasteiger partial charge in [-0.15, -0.1) is 0 Å². The van der Waals surface area contributed by atoms with Crippen molar-refractivity contribution < 1.29 is 66.9 Å². The van der Waals surface area contributed by atoms with Gasteiger partial charge in [-0.3, -0.25) is 57.7 Å². The van der Waals surface area contributed by atoms with Crippen molar-refractivity contribution in [3.05, 3.63) is 356 Å². The van der Waals surface area contributed by atoms with Crippen molar-refractivity contribution in [2.45, 2.75) is 103 Å². The zero-order chi connectivity index (χ0) is 91.6. The van der Waals surface area contributed by atoms with Gasteiger partial charge in [0.05, 0.1) is 42.4 Å². The Morgan fingerprint density at radius 1 is 0.331 bits per heavy atom. The fraction of sp³-hybridized carbons (Fsp3) is 0.189. The largest absolute Gasteiger partial charge is 0.457 e. The summed E-state index contributed by atoms with van der Waals surface area (Å²) >= 11 is 24.0. The van der Waals surface area contributed by atoms with Crippen LogP contribution < -0.4 is 29.6 Å². The van der Waals surface area contributed by atoms with Gasteiger partial charge in [-0.1, -0.05) is 243 Å². The number of likely N-dealkylation sites (N-methyl/N-ethyl adjacent to an activating group) is 2. The number of fused-ring (bicyclic) bond motifs is 2. The molecule has 2 aliphatic heterocycles. The first kappa shape index (κ1) is 90.8. The quantitative estimate of drug-likeness (QED) is 0.0157. The number of amides is 8. The van der Waals surface area contributed by atoms with Gasteiger partial charge in [0.2, 0.25) is 11.8 Å². The molecule has 0 aliphatic carbocycles. The number of halogens is 4. The molecule has 130 heavy (non-hydrogen) atoms. The first-order valence-corrected chi connectivity index (χ1v) is 44.3. The van der Waals surface area contributed by atoms with Crippen molar-refractivity contribution in [1.29, 1.82) is 0 Å². The van der Waals surface area contributed by atoms with Crippen LogP contribution in [0.4, 0.5) is 0 Å². The Kier molecular flexibility index (Phi) is 28.3. The number of nitrogens with one attached hydrogen (secondary N) is 2. The Bertz CT molecular complexity index is 5960. The fourth-order valence-electron chi connectivity index (χ4n) is 16.8. The molecule has 0 bridgehead atoms. The number of Topliss-reactive ketones (excluding diaryl/α,β-unsaturated/α-hetero) is 2. The second-order valence-electron chi connectivity index (χ2n) is 31.9. The van der Waals surface area contributed by atoms with Gasteiger partial charge >= 0.3 is 0 Å². The molecule has 2 atom stereocenters. The van der Waals surface area contributed by atoms with E-state index in [9.17, 15) is 19.2 Å². The van der Waals surface area contributed by atoms with Crippen molar-refractivity contribution in [2.75, 3.05) is 26.2 Å². The second kappa shape index (κ2) is 40.5. The van der Waals surface area contributed by atoms with E-state index < -0.39 is 59.3 Å². The standard InChI is InChI=1S/C106H90Cl4N6O14/c1-7-113(61-73-27-17-11-18-28-73)105(125)83(55-71-23-13-9-14-24-71)115-101(121)79-57-87(127-75-43-35-67(36-44-75)31-21-33-85(117)63(3)107)93-95-89(129-77-47-39-69(40-48-77)51-53-111-99(119)65(5)109)59-81-92-82(104(124)116(103(81)123)84(56-72-25-15-10-16-26-72)106(126)114(8-2)62-74-29-19-12-20-30-74)60-90(130-78-49-41-70(42-50-78)52-54-112-100(120)66(6)110)96(98(92)95)94-88(58-80(102(115)122)91(79)97(93)94)128-76-45-37-68(38-46-76)32-22-34-86(118)64(4)108/h9-20,23-30,35-50,57-60,83-84H,3-8,21-22,31-34,51-56,61-62H2,1-2H3,(H,111,119)(H,112,120). The number of allylic oxidation sites excluding steroid dienone is 2. The molecule has 24 heteroatoms. The molecule has 20 nitrogen and oxygen atoms in total. The average molecular weight is 1810 g/mol. The summed E-state index contributed by atoms with van der Waals surface area (Å²) in [6.07, 6.45) is 2.42. The number of imide groups is 2. The maximum atomic E-state index is 17.1. The number of ketones is 2. The number of aryl methyl sites for hydroxylation is 2. The Morgan fingerprint density at radius 3 is 0.846 bits per heavy atom. The predicted molar refractivity (Wildman–Crippen MR) is 507 cm³/mol. The van der Waals surface area contributed by atoms with Crippen LogP contribution in [-0.4, -0.2) is 117 Å². The van der Waals surface area contributed by atoms with Crippen LogP contribution >= 0.6 is 46.4 Å². The highest BCUT2D eigenvalue weighted by Crippen LogP contribution is 2.58. The molecule has 2 aliphatic rings. The Balaban J connectivity index is 1.05. The summed E-state index contributed by atoms with van der Waals surface area (Å²) in [6.45, 7) is 19.0. The molecule has 15 rings (SSSR count). The molecule has 0 spiro atoms. The van der Waals surface area contributed by atoms with E-state index in [4.69, 9.17) is 65.4 Å². The SMILES string of the molecule is C=C(Cl)C(=O)CCCc1ccc(Oc2cc3c4c(cc(Oc5ccc(CCCC(=O)C(=C)Cl)cc5)c5c6c(Oc7ccc(CCNC(=O)C(=C)Cl)cc7)cc7c8c(cc(Oc9ccc(CCNC(=O)C(=C)Cl)cc9)c(c2c45)c86)C(=O)N(C(Cc2ccccc2)C(=O)N(CC)Cc2ccccc2)C7=O)C(=O)N(C(Cc2ccccc2)C(=O)N(CC)Cc2ccccc2)C3=O)cc1. The number of nitrogens with zero attached hydrogens (tertiary/aromatic N) is 4. The van der Waals surface area contributed by atoms with Crippen molar-refractivity contribution in [1.82, 2.24) is 30.2 Å². The van der Waals surface area contributed by atoms with Crippen LogP contribution in [0.25, 0.3) is 43.1 Å². The highest BCUT2D eigenvalue weighted by Gasteiger charge is 2.48. The van der Waals surface area contributed by atoms with E-state index in [2.05, 4.69) is 36.9 Å². The minimum atomic E-state index is -1.50. The number of hydrogen-bond donors (Lipinski definition) is 2. The lowest BCUT2D eigenvalue weighted by Gasteiger charge is -2.37. The molecule has 0 aromatic heterocycles. The average Bonchev–Trinajstić information content (AvgIpc) is 0.668. The molecule has 13 aromatic carbocycles. The van der Waals surface area contributed by atoms with Crippen molar-refractivity contribution in [3.63, 3.8) is 0 Å². The van der Waals surface area contributed by atoms with Crippen molar-refractivity contribution >= 4 is 148 Å². The van der Waals surface area contributed by atoms with Gasteiger partial charge in [0.25, 0.3) is 35.4 Å². The number of carbonyl (C=O) groups is 10. The van der Waals surface area contributed by atoms with Crippen LogP contribution in [-0.2, 0) is 80.4 Å². The number of benzene rings is 13. The summed E-state index contributed by atoms with van der Waals surface area (Å²) < 4.78 is 29.7. The molecule has 2 heterocycles. The topological polar surface area (TPSA) is 245 Å². The third kappa shape index (κ3) is 20.0. The molecular formula is C106H90Cl4N6O14. The molecule has 0 saturated heterocycles. The molecule has 0 saturated carbocycles. The molecule has 0 radical (unpaired) electrons. The number of hydrogen-bond acceptors (Lipinski definition) is 14. The van der Waals surface area contributed by atoms with E-state index in [0.29, 0.717) is 49.7 Å².